The highest BCUT2D eigenvalue weighted by atomic mass is 16.4. The van der Waals surface area contributed by atoms with Gasteiger partial charge in [-0.25, -0.2) is 0 Å². The Kier molecular flexibility index (Phi) is 3.92. The van der Waals surface area contributed by atoms with E-state index >= 15 is 0 Å². The Hall–Kier alpha value is -1.88. The monoisotopic (exact) mass is 286 g/mol. The van der Waals surface area contributed by atoms with Crippen LogP contribution in [0.5, 0.6) is 0 Å². The fourth-order valence-corrected chi connectivity index (χ4v) is 2.85. The fourth-order valence-electron chi connectivity index (χ4n) is 2.85. The Labute approximate surface area is 125 Å². The van der Waals surface area contributed by atoms with Crippen molar-refractivity contribution in [1.29, 1.82) is 0 Å². The summed E-state index contributed by atoms with van der Waals surface area (Å²) < 4.78 is 5.28. The Bertz CT molecular complexity index is 596. The van der Waals surface area contributed by atoms with Gasteiger partial charge in [-0.1, -0.05) is 6.07 Å². The van der Waals surface area contributed by atoms with Crippen LogP contribution in [0.1, 0.15) is 25.3 Å². The number of anilines is 1. The summed E-state index contributed by atoms with van der Waals surface area (Å²) in [6, 6.07) is 7.36. The molecule has 5 nitrogen and oxygen atoms in total. The van der Waals surface area contributed by atoms with Crippen LogP contribution in [0, 0.1) is 6.92 Å². The topological polar surface area (TPSA) is 54.2 Å². The lowest BCUT2D eigenvalue weighted by molar-refractivity contribution is 0.190. The van der Waals surface area contributed by atoms with E-state index in [1.807, 2.05) is 6.07 Å². The number of aryl methyl sites for hydroxylation is 1. The molecule has 112 valence electrons. The molecule has 0 spiro atoms. The molecule has 0 saturated carbocycles. The summed E-state index contributed by atoms with van der Waals surface area (Å²) in [5, 5.41) is 11.4. The van der Waals surface area contributed by atoms with Gasteiger partial charge in [0.25, 0.3) is 0 Å². The van der Waals surface area contributed by atoms with Crippen LogP contribution < -0.4 is 5.32 Å². The zero-order valence-electron chi connectivity index (χ0n) is 12.8. The van der Waals surface area contributed by atoms with Crippen LogP contribution in [0.15, 0.2) is 29.0 Å². The predicted molar refractivity (Wildman–Crippen MR) is 83.2 cm³/mol. The first-order chi connectivity index (χ1) is 10.1. The van der Waals surface area contributed by atoms with Crippen LogP contribution >= 0.6 is 0 Å². The molecule has 0 aliphatic carbocycles. The Balaban J connectivity index is 1.77. The van der Waals surface area contributed by atoms with Gasteiger partial charge in [0.15, 0.2) is 0 Å². The van der Waals surface area contributed by atoms with E-state index in [1.165, 1.54) is 24.8 Å². The smallest absolute Gasteiger partial charge is 0.247 e. The molecule has 1 aliphatic heterocycles. The van der Waals surface area contributed by atoms with Crippen LogP contribution in [0.2, 0.25) is 0 Å². The molecule has 2 aromatic rings. The highest BCUT2D eigenvalue weighted by Gasteiger charge is 2.23. The summed E-state index contributed by atoms with van der Waals surface area (Å²) in [7, 11) is 2.20. The van der Waals surface area contributed by atoms with Crippen molar-refractivity contribution in [3.63, 3.8) is 0 Å². The normalized spacial score (nSPS) is 23.2. The number of nitrogens with zero attached hydrogens (tertiary/aromatic N) is 3. The molecule has 2 atom stereocenters. The van der Waals surface area contributed by atoms with Crippen LogP contribution in [0.4, 0.5) is 5.69 Å². The van der Waals surface area contributed by atoms with E-state index in [1.54, 1.807) is 0 Å². The van der Waals surface area contributed by atoms with E-state index in [2.05, 4.69) is 53.4 Å². The van der Waals surface area contributed by atoms with Gasteiger partial charge in [-0.3, -0.25) is 0 Å². The summed E-state index contributed by atoms with van der Waals surface area (Å²) in [4.78, 5) is 2.42. The van der Waals surface area contributed by atoms with Gasteiger partial charge in [0.1, 0.15) is 0 Å². The van der Waals surface area contributed by atoms with Crippen molar-refractivity contribution in [2.75, 3.05) is 18.9 Å². The first kappa shape index (κ1) is 14.1. The van der Waals surface area contributed by atoms with Gasteiger partial charge >= 0.3 is 0 Å². The third-order valence-electron chi connectivity index (χ3n) is 4.41. The van der Waals surface area contributed by atoms with Crippen molar-refractivity contribution in [2.24, 2.45) is 0 Å². The van der Waals surface area contributed by atoms with E-state index in [4.69, 9.17) is 4.42 Å². The number of nitrogens with one attached hydrogen (secondary N) is 1. The number of rotatable bonds is 3. The number of piperidine rings is 1. The summed E-state index contributed by atoms with van der Waals surface area (Å²) in [5.74, 6) is 0.565. The first-order valence-electron chi connectivity index (χ1n) is 7.47. The van der Waals surface area contributed by atoms with Crippen molar-refractivity contribution in [2.45, 2.75) is 38.8 Å². The van der Waals surface area contributed by atoms with E-state index in [0.29, 0.717) is 18.0 Å². The minimum absolute atomic E-state index is 0.521. The van der Waals surface area contributed by atoms with Gasteiger partial charge in [0.05, 0.1) is 0 Å². The van der Waals surface area contributed by atoms with Gasteiger partial charge < -0.3 is 14.6 Å². The van der Waals surface area contributed by atoms with Crippen LogP contribution in [-0.2, 0) is 0 Å². The average Bonchev–Trinajstić information content (AvgIpc) is 2.99. The summed E-state index contributed by atoms with van der Waals surface area (Å²) in [6.07, 6.45) is 3.70. The molecule has 2 heterocycles. The molecular formula is C16H22N4O. The van der Waals surface area contributed by atoms with E-state index in [-0.39, 0.29) is 0 Å². The van der Waals surface area contributed by atoms with E-state index < -0.39 is 0 Å². The lowest BCUT2D eigenvalue weighted by Gasteiger charge is -2.36. The molecule has 1 aromatic heterocycles. The molecule has 1 aromatic carbocycles. The molecular weight excluding hydrogens is 264 g/mol. The molecule has 1 fully saturated rings. The van der Waals surface area contributed by atoms with Gasteiger partial charge in [0, 0.05) is 29.9 Å². The van der Waals surface area contributed by atoms with Gasteiger partial charge in [-0.2, -0.15) is 0 Å². The molecule has 5 heteroatoms. The molecule has 21 heavy (non-hydrogen) atoms. The molecule has 2 unspecified atom stereocenters. The lowest BCUT2D eigenvalue weighted by atomic mass is 9.98. The maximum atomic E-state index is 5.28. The second-order valence-corrected chi connectivity index (χ2v) is 5.97. The Morgan fingerprint density at radius 2 is 2.24 bits per heavy atom. The van der Waals surface area contributed by atoms with Crippen molar-refractivity contribution in [3.05, 3.63) is 30.2 Å². The summed E-state index contributed by atoms with van der Waals surface area (Å²) >= 11 is 0. The van der Waals surface area contributed by atoms with Crippen molar-refractivity contribution >= 4 is 5.69 Å². The summed E-state index contributed by atoms with van der Waals surface area (Å²) in [5.41, 5.74) is 3.36. The zero-order valence-corrected chi connectivity index (χ0v) is 12.8. The highest BCUT2D eigenvalue weighted by Crippen LogP contribution is 2.26. The maximum absolute atomic E-state index is 5.28. The van der Waals surface area contributed by atoms with E-state index in [9.17, 15) is 0 Å². The molecule has 1 saturated heterocycles. The third-order valence-corrected chi connectivity index (χ3v) is 4.41. The molecule has 0 bridgehead atoms. The molecule has 3 rings (SSSR count). The SMILES string of the molecule is Cc1ccc(-c2nnco2)cc1NC1CCN(C)C(C)C1. The van der Waals surface area contributed by atoms with Crippen LogP contribution in [0.3, 0.4) is 0 Å². The maximum Gasteiger partial charge on any atom is 0.247 e. The minimum atomic E-state index is 0.521. The molecule has 1 aliphatic rings. The zero-order chi connectivity index (χ0) is 14.8. The van der Waals surface area contributed by atoms with Crippen LogP contribution in [0.25, 0.3) is 11.5 Å². The molecule has 0 amide bonds. The number of hydrogen-bond donors (Lipinski definition) is 1. The Morgan fingerprint density at radius 1 is 1.38 bits per heavy atom. The average molecular weight is 286 g/mol. The quantitative estimate of drug-likeness (QED) is 0.940. The largest absolute Gasteiger partial charge is 0.423 e. The Morgan fingerprint density at radius 3 is 2.95 bits per heavy atom. The van der Waals surface area contributed by atoms with Gasteiger partial charge in [0.2, 0.25) is 12.3 Å². The van der Waals surface area contributed by atoms with Gasteiger partial charge in [-0.15, -0.1) is 10.2 Å². The molecule has 0 radical (unpaired) electrons. The van der Waals surface area contributed by atoms with Crippen LogP contribution in [-0.4, -0.2) is 40.8 Å². The second kappa shape index (κ2) is 5.85. The third kappa shape index (κ3) is 3.08. The van der Waals surface area contributed by atoms with Crippen molar-refractivity contribution < 1.29 is 4.42 Å². The summed E-state index contributed by atoms with van der Waals surface area (Å²) in [6.45, 7) is 5.55. The highest BCUT2D eigenvalue weighted by molar-refractivity contribution is 5.64. The lowest BCUT2D eigenvalue weighted by Crippen LogP contribution is -2.42. The van der Waals surface area contributed by atoms with E-state index in [0.717, 1.165) is 17.8 Å². The van der Waals surface area contributed by atoms with Gasteiger partial charge in [-0.05, 0) is 51.4 Å². The molecule has 1 N–H and O–H groups in total. The standard InChI is InChI=1S/C16H22N4O/c1-11-4-5-13(16-19-17-10-21-16)9-15(11)18-14-6-7-20(3)12(2)8-14/h4-5,9-10,12,14,18H,6-8H2,1-3H3. The number of aromatic nitrogens is 2. The number of likely N-dealkylation sites (tertiary alicyclic amines) is 1. The minimum Gasteiger partial charge on any atom is -0.423 e. The first-order valence-corrected chi connectivity index (χ1v) is 7.47. The van der Waals surface area contributed by atoms with Crippen molar-refractivity contribution in [3.8, 4) is 11.5 Å². The predicted octanol–water partition coefficient (Wildman–Crippen LogP) is 2.94. The number of benzene rings is 1. The fraction of sp³-hybridized carbons (Fsp3) is 0.500. The number of hydrogen-bond acceptors (Lipinski definition) is 5. The van der Waals surface area contributed by atoms with Crippen molar-refractivity contribution in [1.82, 2.24) is 15.1 Å². The second-order valence-electron chi connectivity index (χ2n) is 5.97.